The largest absolute Gasteiger partial charge is 0.356 e. The van der Waals surface area contributed by atoms with Gasteiger partial charge >= 0.3 is 0 Å². The van der Waals surface area contributed by atoms with E-state index >= 15 is 0 Å². The van der Waals surface area contributed by atoms with Crippen molar-refractivity contribution >= 4 is 14.4 Å². The second-order valence-electron chi connectivity index (χ2n) is 6.25. The van der Waals surface area contributed by atoms with Gasteiger partial charge in [-0.05, 0) is 40.5 Å². The molecule has 0 fully saturated rings. The maximum Gasteiger partial charge on any atom is 0.259 e. The van der Waals surface area contributed by atoms with Gasteiger partial charge in [0, 0.05) is 25.6 Å². The number of carbonyl (C=O) groups excluding carboxylic acids is 1. The zero-order chi connectivity index (χ0) is 18.4. The molecule has 1 unspecified atom stereocenters. The monoisotopic (exact) mass is 359 g/mol. The molecule has 0 bridgehead atoms. The lowest BCUT2D eigenvalue weighted by Gasteiger charge is -2.35. The van der Waals surface area contributed by atoms with E-state index in [9.17, 15) is 4.79 Å². The molecule has 0 aromatic carbocycles. The molecule has 0 saturated heterocycles. The third-order valence-corrected chi connectivity index (χ3v) is 5.41. The molecule has 0 aliphatic heterocycles. The zero-order valence-electron chi connectivity index (χ0n) is 15.9. The maximum atomic E-state index is 10.8. The van der Waals surface area contributed by atoms with E-state index in [0.717, 1.165) is 32.2 Å². The van der Waals surface area contributed by atoms with Crippen molar-refractivity contribution in [2.75, 3.05) is 26.3 Å². The summed E-state index contributed by atoms with van der Waals surface area (Å²) < 4.78 is 14.1. The molecule has 1 amide bonds. The SMILES string of the molecule is [C-]#[N+]CCOP(OCCCCCCNC(C)=O)N(C(C)C)C(C)C. The predicted molar refractivity (Wildman–Crippen MR) is 99.6 cm³/mol. The van der Waals surface area contributed by atoms with Gasteiger partial charge in [-0.25, -0.2) is 11.2 Å². The van der Waals surface area contributed by atoms with Gasteiger partial charge in [0.25, 0.3) is 8.53 Å². The molecule has 0 spiro atoms. The number of hydrogen-bond donors (Lipinski definition) is 1. The van der Waals surface area contributed by atoms with Crippen LogP contribution in [-0.2, 0) is 13.8 Å². The summed E-state index contributed by atoms with van der Waals surface area (Å²) in [6.45, 7) is 19.2. The highest BCUT2D eigenvalue weighted by Crippen LogP contribution is 2.45. The Morgan fingerprint density at radius 1 is 1.08 bits per heavy atom. The first kappa shape index (κ1) is 23.3. The minimum Gasteiger partial charge on any atom is -0.356 e. The fraction of sp³-hybridized carbons (Fsp3) is 0.882. The molecule has 6 nitrogen and oxygen atoms in total. The number of nitrogens with one attached hydrogen (secondary N) is 1. The topological polar surface area (TPSA) is 55.2 Å². The molecule has 0 aliphatic rings. The molecular formula is C17H34N3O3P. The van der Waals surface area contributed by atoms with E-state index in [1.807, 2.05) is 0 Å². The van der Waals surface area contributed by atoms with E-state index in [1.165, 1.54) is 0 Å². The Labute approximate surface area is 149 Å². The molecule has 0 aromatic rings. The van der Waals surface area contributed by atoms with Gasteiger partial charge in [0.15, 0.2) is 0 Å². The standard InChI is InChI=1S/C17H34N3O3P/c1-15(2)20(16(3)4)24(23-14-12-18-6)22-13-10-8-7-9-11-19-17(5)21/h15-16H,7-14H2,1-5H3,(H,19,21). The summed E-state index contributed by atoms with van der Waals surface area (Å²) in [6.07, 6.45) is 4.14. The third-order valence-electron chi connectivity index (χ3n) is 3.30. The molecule has 1 atom stereocenters. The van der Waals surface area contributed by atoms with E-state index in [2.05, 4.69) is 42.5 Å². The van der Waals surface area contributed by atoms with Crippen molar-refractivity contribution in [3.63, 3.8) is 0 Å². The second-order valence-corrected chi connectivity index (χ2v) is 7.70. The Morgan fingerprint density at radius 2 is 1.67 bits per heavy atom. The van der Waals surface area contributed by atoms with Crippen molar-refractivity contribution in [2.45, 2.75) is 72.4 Å². The molecule has 0 saturated carbocycles. The van der Waals surface area contributed by atoms with E-state index in [4.69, 9.17) is 15.6 Å². The van der Waals surface area contributed by atoms with E-state index in [-0.39, 0.29) is 5.91 Å². The number of nitrogens with zero attached hydrogens (tertiary/aromatic N) is 2. The minimum atomic E-state index is -1.12. The van der Waals surface area contributed by atoms with Crippen molar-refractivity contribution in [1.29, 1.82) is 0 Å². The Hall–Kier alpha value is -0.730. The molecular weight excluding hydrogens is 325 g/mol. The van der Waals surface area contributed by atoms with Gasteiger partial charge in [-0.3, -0.25) is 4.79 Å². The van der Waals surface area contributed by atoms with Crippen LogP contribution in [0.5, 0.6) is 0 Å². The minimum absolute atomic E-state index is 0.0306. The van der Waals surface area contributed by atoms with Gasteiger partial charge in [-0.1, -0.05) is 12.8 Å². The molecule has 0 aliphatic carbocycles. The predicted octanol–water partition coefficient (Wildman–Crippen LogP) is 3.98. The lowest BCUT2D eigenvalue weighted by Crippen LogP contribution is -2.33. The summed E-state index contributed by atoms with van der Waals surface area (Å²) in [6, 6.07) is 0.670. The van der Waals surface area contributed by atoms with Crippen LogP contribution >= 0.6 is 8.53 Å². The molecule has 7 heteroatoms. The first-order chi connectivity index (χ1) is 11.4. The van der Waals surface area contributed by atoms with Crippen LogP contribution in [0.1, 0.15) is 60.3 Å². The highest BCUT2D eigenvalue weighted by Gasteiger charge is 2.27. The lowest BCUT2D eigenvalue weighted by atomic mass is 10.2. The van der Waals surface area contributed by atoms with Crippen LogP contribution in [0, 0.1) is 6.57 Å². The van der Waals surface area contributed by atoms with Gasteiger partial charge in [-0.15, -0.1) is 0 Å². The van der Waals surface area contributed by atoms with E-state index in [0.29, 0.717) is 31.8 Å². The number of amides is 1. The number of hydrogen-bond acceptors (Lipinski definition) is 4. The van der Waals surface area contributed by atoms with Gasteiger partial charge < -0.3 is 19.2 Å². The average molecular weight is 359 g/mol. The Bertz CT molecular complexity index is 365. The molecule has 0 rings (SSSR count). The van der Waals surface area contributed by atoms with Crippen LogP contribution in [0.4, 0.5) is 0 Å². The summed E-state index contributed by atoms with van der Waals surface area (Å²) >= 11 is 0. The van der Waals surface area contributed by atoms with Gasteiger partial charge in [-0.2, -0.15) is 0 Å². The molecule has 140 valence electrons. The fourth-order valence-corrected chi connectivity index (χ4v) is 3.91. The van der Waals surface area contributed by atoms with Gasteiger partial charge in [0.1, 0.15) is 6.61 Å². The van der Waals surface area contributed by atoms with Crippen LogP contribution in [0.25, 0.3) is 4.85 Å². The van der Waals surface area contributed by atoms with E-state index in [1.54, 1.807) is 6.92 Å². The fourth-order valence-electron chi connectivity index (χ4n) is 2.30. The number of carbonyl (C=O) groups is 1. The normalized spacial score (nSPS) is 12.6. The summed E-state index contributed by atoms with van der Waals surface area (Å²) in [5, 5.41) is 2.81. The summed E-state index contributed by atoms with van der Waals surface area (Å²) in [5.41, 5.74) is 0. The smallest absolute Gasteiger partial charge is 0.259 e. The van der Waals surface area contributed by atoms with Crippen molar-refractivity contribution < 1.29 is 13.8 Å². The number of rotatable bonds is 14. The van der Waals surface area contributed by atoms with Crippen molar-refractivity contribution in [2.24, 2.45) is 0 Å². The van der Waals surface area contributed by atoms with E-state index < -0.39 is 8.53 Å². The summed E-state index contributed by atoms with van der Waals surface area (Å²) in [4.78, 5) is 14.1. The van der Waals surface area contributed by atoms with Gasteiger partial charge in [0.05, 0.1) is 6.61 Å². The first-order valence-electron chi connectivity index (χ1n) is 8.82. The maximum absolute atomic E-state index is 10.8. The quantitative estimate of drug-likeness (QED) is 0.290. The van der Waals surface area contributed by atoms with Crippen LogP contribution in [0.2, 0.25) is 0 Å². The van der Waals surface area contributed by atoms with Crippen LogP contribution in [0.15, 0.2) is 0 Å². The molecule has 1 N–H and O–H groups in total. The number of unbranched alkanes of at least 4 members (excludes halogenated alkanes) is 3. The molecule has 0 heterocycles. The highest BCUT2D eigenvalue weighted by atomic mass is 31.2. The van der Waals surface area contributed by atoms with Gasteiger partial charge in [0.2, 0.25) is 12.5 Å². The molecule has 0 radical (unpaired) electrons. The average Bonchev–Trinajstić information content (AvgIpc) is 2.48. The Kier molecular flexibility index (Phi) is 14.2. The second kappa shape index (κ2) is 14.6. The summed E-state index contributed by atoms with van der Waals surface area (Å²) in [7, 11) is -1.12. The Balaban J connectivity index is 4.12. The summed E-state index contributed by atoms with van der Waals surface area (Å²) in [5.74, 6) is 0.0306. The van der Waals surface area contributed by atoms with Crippen molar-refractivity contribution in [3.8, 4) is 0 Å². The third kappa shape index (κ3) is 11.8. The first-order valence-corrected chi connectivity index (χ1v) is 9.95. The highest BCUT2D eigenvalue weighted by molar-refractivity contribution is 7.44. The van der Waals surface area contributed by atoms with Crippen LogP contribution in [0.3, 0.4) is 0 Å². The molecule has 0 aromatic heterocycles. The zero-order valence-corrected chi connectivity index (χ0v) is 16.8. The van der Waals surface area contributed by atoms with Crippen LogP contribution in [-0.4, -0.2) is 49.0 Å². The lowest BCUT2D eigenvalue weighted by molar-refractivity contribution is -0.118. The molecule has 24 heavy (non-hydrogen) atoms. The van der Waals surface area contributed by atoms with Crippen molar-refractivity contribution in [1.82, 2.24) is 9.99 Å². The van der Waals surface area contributed by atoms with Crippen molar-refractivity contribution in [3.05, 3.63) is 11.4 Å². The van der Waals surface area contributed by atoms with Crippen LogP contribution < -0.4 is 5.32 Å². The Morgan fingerprint density at radius 3 is 2.21 bits per heavy atom.